The number of carbonyl (C=O) groups excluding carboxylic acids is 7. The molecule has 21 heteroatoms. The van der Waals surface area contributed by atoms with Crippen molar-refractivity contribution in [1.29, 1.82) is 0 Å². The highest BCUT2D eigenvalue weighted by Crippen LogP contribution is 2.13. The van der Waals surface area contributed by atoms with E-state index in [1.807, 2.05) is 0 Å². The number of hydrogen-bond donors (Lipinski definition) is 13. The lowest BCUT2D eigenvalue weighted by atomic mass is 10.0. The van der Waals surface area contributed by atoms with Gasteiger partial charge in [0.25, 0.3) is 0 Å². The van der Waals surface area contributed by atoms with Gasteiger partial charge in [-0.3, -0.25) is 38.4 Å². The summed E-state index contributed by atoms with van der Waals surface area (Å²) >= 11 is 0. The van der Waals surface area contributed by atoms with Crippen LogP contribution in [0.15, 0.2) is 84.9 Å². The Morgan fingerprint density at radius 1 is 0.500 bits per heavy atom. The molecule has 21 nitrogen and oxygen atoms in total. The molecule has 0 radical (unpaired) electrons. The first-order chi connectivity index (χ1) is 30.3. The number of hydrogen-bond acceptors (Lipinski definition) is 13. The van der Waals surface area contributed by atoms with Gasteiger partial charge < -0.3 is 68.5 Å². The van der Waals surface area contributed by atoms with E-state index >= 15 is 0 Å². The SMILES string of the molecule is C[C@H](NC(=O)[C@H](Cc1ccc(O)cc1)NC(=O)[C@@H](NC(=O)[C@H](CO)NC(=O)[C@H](Cc1ccccc1)NC(=O)[C@@H](NC(=O)[C@H](Cc1ccccc1)NC(=O)CN)[C@@H](C)O)[C@@H](C)O)C(=O)O. The number of benzene rings is 3. The zero-order valence-electron chi connectivity index (χ0n) is 35.4. The van der Waals surface area contributed by atoms with Crippen molar-refractivity contribution in [3.05, 3.63) is 102 Å². The van der Waals surface area contributed by atoms with Gasteiger partial charge in [0, 0.05) is 19.3 Å². The molecule has 0 spiro atoms. The van der Waals surface area contributed by atoms with Gasteiger partial charge in [-0.1, -0.05) is 72.8 Å². The van der Waals surface area contributed by atoms with Crippen molar-refractivity contribution in [2.45, 2.75) is 94.5 Å². The Morgan fingerprint density at radius 3 is 1.25 bits per heavy atom. The Balaban J connectivity index is 1.82. The number of phenolic OH excluding ortho intramolecular Hbond substituents is 1. The number of aromatic hydroxyl groups is 1. The number of aliphatic carboxylic acids is 1. The van der Waals surface area contributed by atoms with Crippen molar-refractivity contribution in [3.63, 3.8) is 0 Å². The number of carboxylic acid groups (broad SMARTS) is 1. The molecule has 14 N–H and O–H groups in total. The molecule has 0 saturated heterocycles. The van der Waals surface area contributed by atoms with Crippen LogP contribution in [0.3, 0.4) is 0 Å². The summed E-state index contributed by atoms with van der Waals surface area (Å²) in [5, 5.41) is 67.0. The van der Waals surface area contributed by atoms with E-state index in [1.165, 1.54) is 38.1 Å². The zero-order valence-corrected chi connectivity index (χ0v) is 35.4. The summed E-state index contributed by atoms with van der Waals surface area (Å²) in [5.41, 5.74) is 7.07. The van der Waals surface area contributed by atoms with Crippen molar-refractivity contribution in [1.82, 2.24) is 37.2 Å². The van der Waals surface area contributed by atoms with E-state index < -0.39 is 115 Å². The molecule has 9 atom stereocenters. The smallest absolute Gasteiger partial charge is 0.325 e. The second kappa shape index (κ2) is 25.2. The average Bonchev–Trinajstić information content (AvgIpc) is 3.26. The minimum absolute atomic E-state index is 0.00439. The highest BCUT2D eigenvalue weighted by Gasteiger charge is 2.36. The van der Waals surface area contributed by atoms with Crippen LogP contribution in [0.1, 0.15) is 37.5 Å². The first kappa shape index (κ1) is 51.4. The summed E-state index contributed by atoms with van der Waals surface area (Å²) in [5.74, 6) is -8.27. The summed E-state index contributed by atoms with van der Waals surface area (Å²) in [6.07, 6.45) is -3.60. The van der Waals surface area contributed by atoms with Crippen molar-refractivity contribution in [2.24, 2.45) is 5.73 Å². The molecule has 0 fully saturated rings. The molecule has 0 aromatic heterocycles. The fourth-order valence-electron chi connectivity index (χ4n) is 6.13. The monoisotopic (exact) mass is 892 g/mol. The van der Waals surface area contributed by atoms with E-state index in [0.717, 1.165) is 6.92 Å². The summed E-state index contributed by atoms with van der Waals surface area (Å²) in [6.45, 7) is 2.04. The van der Waals surface area contributed by atoms with E-state index in [2.05, 4.69) is 37.2 Å². The van der Waals surface area contributed by atoms with Crippen LogP contribution in [0.2, 0.25) is 0 Å². The molecule has 3 rings (SSSR count). The van der Waals surface area contributed by atoms with Crippen molar-refractivity contribution in [3.8, 4) is 5.75 Å². The van der Waals surface area contributed by atoms with Gasteiger partial charge in [-0.25, -0.2) is 0 Å². The number of aliphatic hydroxyl groups excluding tert-OH is 3. The normalized spacial score (nSPS) is 15.2. The minimum atomic E-state index is -1.80. The van der Waals surface area contributed by atoms with Crippen LogP contribution < -0.4 is 43.0 Å². The standard InChI is InChI=1S/C43H56N8O13/c1-23(43(63)64)45-37(57)31(20-28-14-16-29(55)17-15-28)47-42(62)36(25(3)54)51-40(60)33(22-52)49-38(58)32(19-27-12-8-5-9-13-27)48-41(61)35(24(2)53)50-39(59)30(46-34(56)21-44)18-26-10-6-4-7-11-26/h4-17,23-25,30-33,35-36,52-55H,18-22,44H2,1-3H3,(H,45,57)(H,46,56)(H,47,62)(H,48,61)(H,49,58)(H,50,59)(H,51,60)(H,63,64)/t23-,24+,25+,30-,31-,32-,33-,35-,36-/m0/s1. The van der Waals surface area contributed by atoms with E-state index in [1.54, 1.807) is 60.7 Å². The van der Waals surface area contributed by atoms with Crippen LogP contribution in [0.25, 0.3) is 0 Å². The molecule has 3 aromatic rings. The van der Waals surface area contributed by atoms with Gasteiger partial charge >= 0.3 is 5.97 Å². The van der Waals surface area contributed by atoms with Gasteiger partial charge in [0.2, 0.25) is 41.4 Å². The number of aliphatic hydroxyl groups is 3. The maximum atomic E-state index is 13.9. The average molecular weight is 893 g/mol. The largest absolute Gasteiger partial charge is 0.508 e. The Labute approximate surface area is 368 Å². The Hall–Kier alpha value is -6.94. The molecule has 3 aromatic carbocycles. The molecule has 0 heterocycles. The molecular formula is C43H56N8O13. The number of nitrogens with two attached hydrogens (primary N) is 1. The quantitative estimate of drug-likeness (QED) is 0.0418. The molecule has 64 heavy (non-hydrogen) atoms. The van der Waals surface area contributed by atoms with Crippen LogP contribution in [0, 0.1) is 0 Å². The van der Waals surface area contributed by atoms with Gasteiger partial charge in [-0.15, -0.1) is 0 Å². The van der Waals surface area contributed by atoms with Gasteiger partial charge in [0.05, 0.1) is 25.4 Å². The third kappa shape index (κ3) is 16.4. The van der Waals surface area contributed by atoms with Crippen LogP contribution in [0.4, 0.5) is 0 Å². The Morgan fingerprint density at radius 2 is 0.859 bits per heavy atom. The third-order valence-corrected chi connectivity index (χ3v) is 9.71. The molecular weight excluding hydrogens is 837 g/mol. The maximum Gasteiger partial charge on any atom is 0.325 e. The van der Waals surface area contributed by atoms with Gasteiger partial charge in [-0.2, -0.15) is 0 Å². The molecule has 7 amide bonds. The molecule has 0 saturated carbocycles. The summed E-state index contributed by atoms with van der Waals surface area (Å²) in [7, 11) is 0. The Bertz CT molecular complexity index is 2060. The van der Waals surface area contributed by atoms with E-state index in [4.69, 9.17) is 5.73 Å². The predicted octanol–water partition coefficient (Wildman–Crippen LogP) is -3.37. The van der Waals surface area contributed by atoms with Crippen molar-refractivity contribution in [2.75, 3.05) is 13.2 Å². The molecule has 346 valence electrons. The second-order valence-electron chi connectivity index (χ2n) is 15.0. The van der Waals surface area contributed by atoms with Crippen LogP contribution in [-0.2, 0) is 57.6 Å². The van der Waals surface area contributed by atoms with E-state index in [0.29, 0.717) is 16.7 Å². The second-order valence-corrected chi connectivity index (χ2v) is 15.0. The Kier molecular flexibility index (Phi) is 20.3. The van der Waals surface area contributed by atoms with Gasteiger partial charge in [-0.05, 0) is 49.6 Å². The number of carboxylic acids is 1. The topological polar surface area (TPSA) is 348 Å². The van der Waals surface area contributed by atoms with Crippen LogP contribution in [0.5, 0.6) is 5.75 Å². The maximum absolute atomic E-state index is 13.9. The van der Waals surface area contributed by atoms with Crippen molar-refractivity contribution >= 4 is 47.3 Å². The minimum Gasteiger partial charge on any atom is -0.508 e. The molecule has 0 bridgehead atoms. The summed E-state index contributed by atoms with van der Waals surface area (Å²) in [4.78, 5) is 105. The van der Waals surface area contributed by atoms with Crippen LogP contribution in [-0.4, -0.2) is 141 Å². The van der Waals surface area contributed by atoms with E-state index in [9.17, 15) is 63.9 Å². The number of phenols is 1. The number of carbonyl (C=O) groups is 8. The lowest BCUT2D eigenvalue weighted by molar-refractivity contribution is -0.142. The fraction of sp³-hybridized carbons (Fsp3) is 0.395. The summed E-state index contributed by atoms with van der Waals surface area (Å²) < 4.78 is 0. The molecule has 0 unspecified atom stereocenters. The zero-order chi connectivity index (χ0) is 47.5. The lowest BCUT2D eigenvalue weighted by Gasteiger charge is -2.28. The van der Waals surface area contributed by atoms with E-state index in [-0.39, 0.29) is 25.0 Å². The highest BCUT2D eigenvalue weighted by molar-refractivity contribution is 5.98. The number of nitrogens with one attached hydrogen (secondary N) is 7. The first-order valence-corrected chi connectivity index (χ1v) is 20.2. The highest BCUT2D eigenvalue weighted by atomic mass is 16.4. The van der Waals surface area contributed by atoms with Crippen LogP contribution >= 0.6 is 0 Å². The van der Waals surface area contributed by atoms with Gasteiger partial charge in [0.15, 0.2) is 0 Å². The predicted molar refractivity (Wildman–Crippen MR) is 228 cm³/mol. The molecule has 0 aliphatic heterocycles. The van der Waals surface area contributed by atoms with Crippen molar-refractivity contribution < 1.29 is 63.9 Å². The lowest BCUT2D eigenvalue weighted by Crippen LogP contribution is -2.63. The third-order valence-electron chi connectivity index (χ3n) is 9.71. The summed E-state index contributed by atoms with van der Waals surface area (Å²) in [6, 6.07) is 11.6. The fourth-order valence-corrected chi connectivity index (χ4v) is 6.13. The molecule has 0 aliphatic carbocycles. The number of amides is 7. The molecule has 0 aliphatic rings. The van der Waals surface area contributed by atoms with Gasteiger partial charge in [0.1, 0.15) is 48.0 Å². The number of rotatable bonds is 24. The first-order valence-electron chi connectivity index (χ1n) is 20.2.